The number of alkyl halides is 1. The summed E-state index contributed by atoms with van der Waals surface area (Å²) in [5.41, 5.74) is 1.26. The van der Waals surface area contributed by atoms with Crippen LogP contribution in [0.5, 0.6) is 0 Å². The van der Waals surface area contributed by atoms with Crippen molar-refractivity contribution >= 4 is 11.6 Å². The first-order chi connectivity index (χ1) is 4.58. The molecule has 1 heterocycles. The largest absolute Gasteiger partial charge is 0.377 e. The predicted molar refractivity (Wildman–Crippen MR) is 45.3 cm³/mol. The third-order valence-electron chi connectivity index (χ3n) is 2.14. The highest BCUT2D eigenvalue weighted by Gasteiger charge is 2.34. The van der Waals surface area contributed by atoms with Crippen molar-refractivity contribution in [2.45, 2.75) is 25.1 Å². The Morgan fingerprint density at radius 1 is 1.70 bits per heavy atom. The molecule has 1 saturated heterocycles. The molecule has 1 aliphatic heterocycles. The second-order valence-electron chi connectivity index (χ2n) is 3.04. The van der Waals surface area contributed by atoms with E-state index in [1.807, 2.05) is 6.92 Å². The van der Waals surface area contributed by atoms with Crippen molar-refractivity contribution in [3.05, 3.63) is 11.8 Å². The molecule has 0 aromatic heterocycles. The molecule has 0 aliphatic carbocycles. The van der Waals surface area contributed by atoms with Gasteiger partial charge in [-0.05, 0) is 20.3 Å². The molecule has 0 radical (unpaired) electrons. The summed E-state index contributed by atoms with van der Waals surface area (Å²) < 4.78 is 0. The van der Waals surface area contributed by atoms with Crippen molar-refractivity contribution in [3.8, 4) is 0 Å². The summed E-state index contributed by atoms with van der Waals surface area (Å²) in [6, 6.07) is 0. The van der Waals surface area contributed by atoms with Gasteiger partial charge in [0, 0.05) is 19.3 Å². The summed E-state index contributed by atoms with van der Waals surface area (Å²) in [4.78, 5) is 2.11. The lowest BCUT2D eigenvalue weighted by Gasteiger charge is -2.20. The van der Waals surface area contributed by atoms with Crippen LogP contribution in [0.15, 0.2) is 11.8 Å². The highest BCUT2D eigenvalue weighted by Crippen LogP contribution is 2.36. The summed E-state index contributed by atoms with van der Waals surface area (Å²) in [6.07, 6.45) is 3.16. The number of rotatable bonds is 0. The van der Waals surface area contributed by atoms with Crippen LogP contribution in [0.1, 0.15) is 20.3 Å². The van der Waals surface area contributed by atoms with Gasteiger partial charge in [-0.1, -0.05) is 6.08 Å². The maximum absolute atomic E-state index is 6.22. The van der Waals surface area contributed by atoms with E-state index in [9.17, 15) is 0 Å². The van der Waals surface area contributed by atoms with Gasteiger partial charge in [0.05, 0.1) is 4.87 Å². The Kier molecular flexibility index (Phi) is 1.95. The number of hydrogen-bond acceptors (Lipinski definition) is 1. The molecule has 0 N–H and O–H groups in total. The Morgan fingerprint density at radius 2 is 2.30 bits per heavy atom. The molecule has 0 amide bonds. The fourth-order valence-corrected chi connectivity index (χ4v) is 1.88. The molecular formula is C8H14ClN. The molecule has 1 fully saturated rings. The SMILES string of the molecule is C/C=C1/N(C)CCC1(C)Cl. The fourth-order valence-electron chi connectivity index (χ4n) is 1.55. The van der Waals surface area contributed by atoms with Crippen LogP contribution in [0, 0.1) is 0 Å². The summed E-state index contributed by atoms with van der Waals surface area (Å²) in [6.45, 7) is 5.20. The quantitative estimate of drug-likeness (QED) is 0.490. The zero-order chi connectivity index (χ0) is 7.78. The van der Waals surface area contributed by atoms with E-state index in [-0.39, 0.29) is 4.87 Å². The zero-order valence-corrected chi connectivity index (χ0v) is 7.57. The van der Waals surface area contributed by atoms with Crippen LogP contribution in [-0.2, 0) is 0 Å². The van der Waals surface area contributed by atoms with E-state index in [2.05, 4.69) is 24.9 Å². The van der Waals surface area contributed by atoms with Crippen LogP contribution in [0.2, 0.25) is 0 Å². The summed E-state index contributed by atoms with van der Waals surface area (Å²) >= 11 is 6.22. The molecule has 1 aliphatic rings. The van der Waals surface area contributed by atoms with Crippen LogP contribution < -0.4 is 0 Å². The maximum Gasteiger partial charge on any atom is 0.0827 e. The van der Waals surface area contributed by atoms with E-state index in [4.69, 9.17) is 11.6 Å². The van der Waals surface area contributed by atoms with Crippen LogP contribution >= 0.6 is 11.6 Å². The van der Waals surface area contributed by atoms with Crippen molar-refractivity contribution in [2.24, 2.45) is 0 Å². The van der Waals surface area contributed by atoms with Gasteiger partial charge >= 0.3 is 0 Å². The van der Waals surface area contributed by atoms with Crippen molar-refractivity contribution in [1.82, 2.24) is 4.90 Å². The van der Waals surface area contributed by atoms with Crippen LogP contribution in [0.25, 0.3) is 0 Å². The second kappa shape index (κ2) is 2.46. The summed E-state index contributed by atoms with van der Waals surface area (Å²) in [5, 5.41) is 0. The molecule has 1 unspecified atom stereocenters. The summed E-state index contributed by atoms with van der Waals surface area (Å²) in [7, 11) is 2.09. The third-order valence-corrected chi connectivity index (χ3v) is 2.52. The van der Waals surface area contributed by atoms with E-state index in [0.717, 1.165) is 13.0 Å². The minimum Gasteiger partial charge on any atom is -0.377 e. The third kappa shape index (κ3) is 1.15. The lowest BCUT2D eigenvalue weighted by molar-refractivity contribution is 0.478. The van der Waals surface area contributed by atoms with Gasteiger partial charge in [-0.25, -0.2) is 0 Å². The van der Waals surface area contributed by atoms with Gasteiger partial charge in [0.2, 0.25) is 0 Å². The van der Waals surface area contributed by atoms with Crippen molar-refractivity contribution in [1.29, 1.82) is 0 Å². The molecule has 2 heteroatoms. The molecule has 0 aromatic carbocycles. The Morgan fingerprint density at radius 3 is 2.50 bits per heavy atom. The Balaban J connectivity index is 2.84. The minimum absolute atomic E-state index is 0.108. The van der Waals surface area contributed by atoms with Gasteiger partial charge in [-0.2, -0.15) is 0 Å². The van der Waals surface area contributed by atoms with Gasteiger partial charge in [-0.3, -0.25) is 0 Å². The smallest absolute Gasteiger partial charge is 0.0827 e. The number of likely N-dealkylation sites (tertiary alicyclic amines) is 1. The minimum atomic E-state index is -0.108. The number of nitrogens with zero attached hydrogens (tertiary/aromatic N) is 1. The van der Waals surface area contributed by atoms with Gasteiger partial charge in [0.25, 0.3) is 0 Å². The molecule has 1 rings (SSSR count). The molecule has 58 valence electrons. The predicted octanol–water partition coefficient (Wildman–Crippen LogP) is 2.22. The van der Waals surface area contributed by atoms with E-state index in [1.165, 1.54) is 5.70 Å². The first kappa shape index (κ1) is 7.93. The van der Waals surface area contributed by atoms with Crippen molar-refractivity contribution in [2.75, 3.05) is 13.6 Å². The molecule has 0 bridgehead atoms. The normalized spacial score (nSPS) is 37.6. The standard InChI is InChI=1S/C8H14ClN/c1-4-7-8(2,9)5-6-10(7)3/h4H,5-6H2,1-3H3/b7-4+. The fraction of sp³-hybridized carbons (Fsp3) is 0.750. The Hall–Kier alpha value is -0.170. The number of hydrogen-bond donors (Lipinski definition) is 0. The maximum atomic E-state index is 6.22. The van der Waals surface area contributed by atoms with Gasteiger partial charge < -0.3 is 4.90 Å². The average molecular weight is 160 g/mol. The molecular weight excluding hydrogens is 146 g/mol. The highest BCUT2D eigenvalue weighted by atomic mass is 35.5. The number of allylic oxidation sites excluding steroid dienone is 2. The van der Waals surface area contributed by atoms with Crippen molar-refractivity contribution in [3.63, 3.8) is 0 Å². The molecule has 1 nitrogen and oxygen atoms in total. The zero-order valence-electron chi connectivity index (χ0n) is 6.82. The van der Waals surface area contributed by atoms with E-state index >= 15 is 0 Å². The molecule has 0 aromatic rings. The molecule has 10 heavy (non-hydrogen) atoms. The topological polar surface area (TPSA) is 3.24 Å². The average Bonchev–Trinajstić information content (AvgIpc) is 2.07. The lowest BCUT2D eigenvalue weighted by atomic mass is 10.1. The van der Waals surface area contributed by atoms with Crippen LogP contribution in [-0.4, -0.2) is 23.4 Å². The lowest BCUT2D eigenvalue weighted by Crippen LogP contribution is -2.18. The van der Waals surface area contributed by atoms with Crippen molar-refractivity contribution < 1.29 is 0 Å². The molecule has 1 atom stereocenters. The molecule has 0 saturated carbocycles. The first-order valence-electron chi connectivity index (χ1n) is 3.65. The summed E-state index contributed by atoms with van der Waals surface area (Å²) in [5.74, 6) is 0. The van der Waals surface area contributed by atoms with E-state index < -0.39 is 0 Å². The molecule has 0 spiro atoms. The van der Waals surface area contributed by atoms with Crippen LogP contribution in [0.3, 0.4) is 0 Å². The van der Waals surface area contributed by atoms with Gasteiger partial charge in [0.15, 0.2) is 0 Å². The highest BCUT2D eigenvalue weighted by molar-refractivity contribution is 6.25. The number of halogens is 1. The monoisotopic (exact) mass is 159 g/mol. The second-order valence-corrected chi connectivity index (χ2v) is 3.88. The van der Waals surface area contributed by atoms with Gasteiger partial charge in [-0.15, -0.1) is 11.6 Å². The Bertz CT molecular complexity index is 161. The first-order valence-corrected chi connectivity index (χ1v) is 4.02. The van der Waals surface area contributed by atoms with E-state index in [0.29, 0.717) is 0 Å². The van der Waals surface area contributed by atoms with Gasteiger partial charge in [0.1, 0.15) is 0 Å². The van der Waals surface area contributed by atoms with Crippen LogP contribution in [0.4, 0.5) is 0 Å². The van der Waals surface area contributed by atoms with E-state index in [1.54, 1.807) is 0 Å². The Labute approximate surface area is 67.7 Å².